The normalized spacial score (nSPS) is 14.6. The number of hydrogen-bond donors (Lipinski definition) is 1. The number of aliphatic imine (C=N–C) groups is 1. The third-order valence-electron chi connectivity index (χ3n) is 6.50. The minimum atomic E-state index is -1.01. The van der Waals surface area contributed by atoms with Gasteiger partial charge in [-0.2, -0.15) is 5.26 Å². The van der Waals surface area contributed by atoms with Crippen LogP contribution in [0.25, 0.3) is 6.08 Å². The fraction of sp³-hybridized carbons (Fsp3) is 0.118. The molecular weight excluding hydrogens is 562 g/mol. The van der Waals surface area contributed by atoms with Crippen molar-refractivity contribution in [2.45, 2.75) is 20.1 Å². The predicted molar refractivity (Wildman–Crippen MR) is 166 cm³/mol. The molecule has 1 heterocycles. The number of amides is 1. The number of hydrogen-bond acceptors (Lipinski definition) is 7. The molecule has 0 radical (unpaired) electrons. The number of nitrogens with zero attached hydrogens (tertiary/aromatic N) is 3. The molecule has 0 saturated carbocycles. The zero-order valence-corrected chi connectivity index (χ0v) is 24.1. The summed E-state index contributed by atoms with van der Waals surface area (Å²) in [7, 11) is 0. The van der Waals surface area contributed by atoms with Crippen molar-refractivity contribution >= 4 is 40.6 Å². The number of aromatic carboxylic acids is 1. The molecule has 0 atom stereocenters. The highest BCUT2D eigenvalue weighted by Gasteiger charge is 2.33. The molecule has 1 saturated heterocycles. The van der Waals surface area contributed by atoms with Crippen LogP contribution in [0.2, 0.25) is 0 Å². The Balaban J connectivity index is 1.42. The first-order chi connectivity index (χ1) is 20.9. The number of carboxylic acids is 1. The number of rotatable bonds is 10. The molecule has 0 bridgehead atoms. The molecule has 1 amide bonds. The van der Waals surface area contributed by atoms with Crippen LogP contribution >= 0.6 is 11.8 Å². The van der Waals surface area contributed by atoms with E-state index in [9.17, 15) is 20.0 Å². The first-order valence-corrected chi connectivity index (χ1v) is 14.3. The van der Waals surface area contributed by atoms with Gasteiger partial charge >= 0.3 is 5.97 Å². The van der Waals surface area contributed by atoms with Crippen LogP contribution < -0.4 is 9.47 Å². The highest BCUT2D eigenvalue weighted by Crippen LogP contribution is 2.37. The van der Waals surface area contributed by atoms with Crippen LogP contribution in [-0.2, 0) is 17.9 Å². The van der Waals surface area contributed by atoms with Crippen molar-refractivity contribution in [3.63, 3.8) is 0 Å². The molecular formula is C34H27N3O5S. The third kappa shape index (κ3) is 7.12. The van der Waals surface area contributed by atoms with Gasteiger partial charge in [0.05, 0.1) is 40.9 Å². The molecule has 9 heteroatoms. The van der Waals surface area contributed by atoms with Crippen molar-refractivity contribution in [1.29, 1.82) is 5.26 Å². The van der Waals surface area contributed by atoms with Gasteiger partial charge in [0.2, 0.25) is 0 Å². The highest BCUT2D eigenvalue weighted by molar-refractivity contribution is 8.18. The first-order valence-electron chi connectivity index (χ1n) is 13.5. The van der Waals surface area contributed by atoms with E-state index in [1.807, 2.05) is 67.6 Å². The summed E-state index contributed by atoms with van der Waals surface area (Å²) in [6, 6.07) is 30.7. The number of amidine groups is 1. The SMILES string of the molecule is CCOc1cc(/C=C2\SC(=Nc3ccccc3)N(Cc3ccc(C(=O)O)cc3)C2=O)ccc1OCc1ccccc1C#N. The molecule has 0 aliphatic carbocycles. The molecule has 214 valence electrons. The van der Waals surface area contributed by atoms with Gasteiger partial charge in [-0.1, -0.05) is 54.6 Å². The Morgan fingerprint density at radius 3 is 2.44 bits per heavy atom. The molecule has 8 nitrogen and oxygen atoms in total. The van der Waals surface area contributed by atoms with E-state index in [-0.39, 0.29) is 24.6 Å². The van der Waals surface area contributed by atoms with Gasteiger partial charge in [0.25, 0.3) is 5.91 Å². The number of para-hydroxylation sites is 1. The van der Waals surface area contributed by atoms with Gasteiger partial charge in [-0.3, -0.25) is 9.69 Å². The number of carbonyl (C=O) groups is 2. The number of nitriles is 1. The van der Waals surface area contributed by atoms with Crippen molar-refractivity contribution in [3.8, 4) is 17.6 Å². The lowest BCUT2D eigenvalue weighted by molar-refractivity contribution is -0.122. The van der Waals surface area contributed by atoms with Gasteiger partial charge in [0.15, 0.2) is 16.7 Å². The Hall–Kier alpha value is -5.33. The topological polar surface area (TPSA) is 112 Å². The third-order valence-corrected chi connectivity index (χ3v) is 7.50. The van der Waals surface area contributed by atoms with Crippen LogP contribution in [0.15, 0.2) is 107 Å². The molecule has 0 spiro atoms. The van der Waals surface area contributed by atoms with Crippen molar-refractivity contribution in [3.05, 3.63) is 130 Å². The molecule has 1 N–H and O–H groups in total. The average molecular weight is 590 g/mol. The molecule has 5 rings (SSSR count). The van der Waals surface area contributed by atoms with Crippen LogP contribution in [0.1, 0.15) is 39.5 Å². The van der Waals surface area contributed by atoms with E-state index in [4.69, 9.17) is 14.5 Å². The molecule has 4 aromatic rings. The van der Waals surface area contributed by atoms with E-state index in [1.165, 1.54) is 23.9 Å². The van der Waals surface area contributed by atoms with Gasteiger partial charge in [-0.05, 0) is 78.4 Å². The summed E-state index contributed by atoms with van der Waals surface area (Å²) in [5, 5.41) is 19.1. The minimum absolute atomic E-state index is 0.177. The summed E-state index contributed by atoms with van der Waals surface area (Å²) in [4.78, 5) is 31.7. The van der Waals surface area contributed by atoms with Crippen LogP contribution in [-0.4, -0.2) is 33.7 Å². The summed E-state index contributed by atoms with van der Waals surface area (Å²) in [5.41, 5.74) is 3.73. The van der Waals surface area contributed by atoms with E-state index in [0.717, 1.165) is 16.7 Å². The van der Waals surface area contributed by atoms with Crippen LogP contribution in [0.3, 0.4) is 0 Å². The van der Waals surface area contributed by atoms with E-state index in [2.05, 4.69) is 6.07 Å². The second-order valence-electron chi connectivity index (χ2n) is 9.43. The number of benzene rings is 4. The summed E-state index contributed by atoms with van der Waals surface area (Å²) in [6.45, 7) is 2.74. The summed E-state index contributed by atoms with van der Waals surface area (Å²) in [5.74, 6) is -0.172. The van der Waals surface area contributed by atoms with Gasteiger partial charge in [-0.15, -0.1) is 0 Å². The Morgan fingerprint density at radius 2 is 1.72 bits per heavy atom. The van der Waals surface area contributed by atoms with Gasteiger partial charge < -0.3 is 14.6 Å². The summed E-state index contributed by atoms with van der Waals surface area (Å²) < 4.78 is 11.9. The number of carboxylic acid groups (broad SMARTS) is 1. The lowest BCUT2D eigenvalue weighted by Gasteiger charge is -2.16. The van der Waals surface area contributed by atoms with Crippen molar-refractivity contribution < 1.29 is 24.2 Å². The van der Waals surface area contributed by atoms with Crippen molar-refractivity contribution in [2.24, 2.45) is 4.99 Å². The zero-order chi connectivity index (χ0) is 30.2. The maximum Gasteiger partial charge on any atom is 0.335 e. The lowest BCUT2D eigenvalue weighted by atomic mass is 10.1. The van der Waals surface area contributed by atoms with E-state index < -0.39 is 5.97 Å². The smallest absolute Gasteiger partial charge is 0.335 e. The van der Waals surface area contributed by atoms with E-state index in [0.29, 0.717) is 39.4 Å². The second kappa shape index (κ2) is 13.6. The molecule has 43 heavy (non-hydrogen) atoms. The van der Waals surface area contributed by atoms with E-state index >= 15 is 0 Å². The molecule has 1 fully saturated rings. The van der Waals surface area contributed by atoms with Crippen LogP contribution in [0.4, 0.5) is 5.69 Å². The Bertz CT molecular complexity index is 1740. The fourth-order valence-corrected chi connectivity index (χ4v) is 5.34. The zero-order valence-electron chi connectivity index (χ0n) is 23.3. The monoisotopic (exact) mass is 589 g/mol. The number of ether oxygens (including phenoxy) is 2. The minimum Gasteiger partial charge on any atom is -0.490 e. The van der Waals surface area contributed by atoms with Gasteiger partial charge in [-0.25, -0.2) is 9.79 Å². The summed E-state index contributed by atoms with van der Waals surface area (Å²) in [6.07, 6.45) is 1.79. The molecule has 0 aromatic heterocycles. The van der Waals surface area contributed by atoms with Crippen LogP contribution in [0, 0.1) is 11.3 Å². The maximum atomic E-state index is 13.7. The number of carbonyl (C=O) groups excluding carboxylic acids is 1. The molecule has 0 unspecified atom stereocenters. The highest BCUT2D eigenvalue weighted by atomic mass is 32.2. The van der Waals surface area contributed by atoms with Crippen LogP contribution in [0.5, 0.6) is 11.5 Å². The lowest BCUT2D eigenvalue weighted by Crippen LogP contribution is -2.28. The Labute approximate surface area is 253 Å². The molecule has 4 aromatic carbocycles. The Kier molecular flexibility index (Phi) is 9.20. The van der Waals surface area contributed by atoms with Gasteiger partial charge in [0, 0.05) is 5.56 Å². The predicted octanol–water partition coefficient (Wildman–Crippen LogP) is 7.04. The fourth-order valence-electron chi connectivity index (χ4n) is 4.34. The molecule has 1 aliphatic heterocycles. The van der Waals surface area contributed by atoms with Gasteiger partial charge in [0.1, 0.15) is 6.61 Å². The Morgan fingerprint density at radius 1 is 0.977 bits per heavy atom. The average Bonchev–Trinajstić information content (AvgIpc) is 3.30. The first kappa shape index (κ1) is 29.2. The van der Waals surface area contributed by atoms with Crippen molar-refractivity contribution in [1.82, 2.24) is 4.90 Å². The van der Waals surface area contributed by atoms with E-state index in [1.54, 1.807) is 35.2 Å². The maximum absolute atomic E-state index is 13.7. The summed E-state index contributed by atoms with van der Waals surface area (Å²) >= 11 is 1.27. The quantitative estimate of drug-likeness (QED) is 0.198. The molecule has 1 aliphatic rings. The van der Waals surface area contributed by atoms with Crippen molar-refractivity contribution in [2.75, 3.05) is 6.61 Å². The standard InChI is InChI=1S/C34H27N3O5S/c1-2-41-30-18-24(14-17-29(30)42-22-27-9-7-6-8-26(27)20-35)19-31-32(38)37(21-23-12-15-25(16-13-23)33(39)40)34(43-31)36-28-10-4-3-5-11-28/h3-19H,2,21-22H2,1H3,(H,39,40)/b31-19-,36-34?. The number of thioether (sulfide) groups is 1. The largest absolute Gasteiger partial charge is 0.490 e. The second-order valence-corrected chi connectivity index (χ2v) is 10.4.